The molecule has 30 heavy (non-hydrogen) atoms. The first kappa shape index (κ1) is 22.7. The molecule has 0 aliphatic carbocycles. The molecule has 1 amide bonds. The number of nitrogens with one attached hydrogen (secondary N) is 1. The molecule has 0 atom stereocenters. The van der Waals surface area contributed by atoms with Gasteiger partial charge in [0.15, 0.2) is 5.13 Å². The molecule has 0 spiro atoms. The second-order valence-electron chi connectivity index (χ2n) is 6.78. The maximum absolute atomic E-state index is 12.6. The summed E-state index contributed by atoms with van der Waals surface area (Å²) in [5.41, 5.74) is 2.22. The molecule has 0 saturated carbocycles. The van der Waals surface area contributed by atoms with Gasteiger partial charge in [-0.25, -0.2) is 17.7 Å². The monoisotopic (exact) mass is 483 g/mol. The summed E-state index contributed by atoms with van der Waals surface area (Å²) < 4.78 is 25.8. The van der Waals surface area contributed by atoms with E-state index in [9.17, 15) is 13.2 Å². The minimum atomic E-state index is -3.78. The quantitative estimate of drug-likeness (QED) is 0.543. The first-order valence-electron chi connectivity index (χ1n) is 8.81. The van der Waals surface area contributed by atoms with Crippen molar-refractivity contribution in [2.45, 2.75) is 18.2 Å². The number of hydrogen-bond acceptors (Lipinski definition) is 5. The van der Waals surface area contributed by atoms with Gasteiger partial charge in [-0.05, 0) is 42.3 Å². The summed E-state index contributed by atoms with van der Waals surface area (Å²) in [6.07, 6.45) is 2.33. The van der Waals surface area contributed by atoms with E-state index in [1.807, 2.05) is 25.1 Å². The summed E-state index contributed by atoms with van der Waals surface area (Å²) >= 11 is 13.5. The number of carbonyl (C=O) groups is 1. The Hall–Kier alpha value is -1.97. The predicted molar refractivity (Wildman–Crippen MR) is 121 cm³/mol. The van der Waals surface area contributed by atoms with E-state index in [1.165, 1.54) is 43.6 Å². The number of sulfonamides is 1. The first-order valence-corrected chi connectivity index (χ1v) is 11.8. The van der Waals surface area contributed by atoms with Gasteiger partial charge in [-0.2, -0.15) is 0 Å². The van der Waals surface area contributed by atoms with Crippen LogP contribution in [0.25, 0.3) is 0 Å². The fraction of sp³-hybridized carbons (Fsp3) is 0.200. The number of nitrogens with zero attached hydrogens (tertiary/aromatic N) is 2. The maximum atomic E-state index is 12.6. The second kappa shape index (κ2) is 9.03. The molecule has 0 saturated heterocycles. The van der Waals surface area contributed by atoms with Crippen molar-refractivity contribution < 1.29 is 13.2 Å². The molecule has 0 unspecified atom stereocenters. The van der Waals surface area contributed by atoms with Gasteiger partial charge in [0, 0.05) is 42.2 Å². The molecule has 1 N–H and O–H groups in total. The van der Waals surface area contributed by atoms with E-state index in [0.717, 1.165) is 20.3 Å². The highest BCUT2D eigenvalue weighted by Gasteiger charge is 2.22. The first-order chi connectivity index (χ1) is 14.1. The number of carbonyl (C=O) groups excluding carboxylic acids is 1. The van der Waals surface area contributed by atoms with Crippen molar-refractivity contribution in [3.05, 3.63) is 74.2 Å². The normalized spacial score (nSPS) is 11.7. The summed E-state index contributed by atoms with van der Waals surface area (Å²) in [6.45, 7) is 1.94. The zero-order chi connectivity index (χ0) is 22.1. The molecule has 158 valence electrons. The lowest BCUT2D eigenvalue weighted by Gasteiger charge is -2.13. The van der Waals surface area contributed by atoms with Crippen LogP contribution >= 0.6 is 34.5 Å². The molecule has 6 nitrogen and oxygen atoms in total. The van der Waals surface area contributed by atoms with Crippen LogP contribution in [0.15, 0.2) is 47.5 Å². The van der Waals surface area contributed by atoms with E-state index >= 15 is 0 Å². The maximum Gasteiger partial charge on any atom is 0.257 e. The minimum absolute atomic E-state index is 0.0496. The molecule has 0 radical (unpaired) electrons. The second-order valence-corrected chi connectivity index (χ2v) is 10.8. The Morgan fingerprint density at radius 3 is 2.53 bits per heavy atom. The molecule has 1 aromatic heterocycles. The van der Waals surface area contributed by atoms with E-state index < -0.39 is 15.9 Å². The van der Waals surface area contributed by atoms with Gasteiger partial charge in [0.05, 0.1) is 5.02 Å². The van der Waals surface area contributed by atoms with E-state index in [0.29, 0.717) is 16.6 Å². The average Bonchev–Trinajstić information content (AvgIpc) is 3.11. The molecular formula is C20H19Cl2N3O3S2. The highest BCUT2D eigenvalue weighted by Crippen LogP contribution is 2.27. The van der Waals surface area contributed by atoms with Crippen molar-refractivity contribution in [2.75, 3.05) is 19.4 Å². The molecule has 2 aromatic carbocycles. The van der Waals surface area contributed by atoms with Crippen molar-refractivity contribution in [1.82, 2.24) is 9.29 Å². The Morgan fingerprint density at radius 2 is 1.87 bits per heavy atom. The Morgan fingerprint density at radius 1 is 1.13 bits per heavy atom. The minimum Gasteiger partial charge on any atom is -0.298 e. The highest BCUT2D eigenvalue weighted by molar-refractivity contribution is 7.89. The van der Waals surface area contributed by atoms with Crippen LogP contribution in [0.2, 0.25) is 10.0 Å². The lowest BCUT2D eigenvalue weighted by atomic mass is 10.1. The van der Waals surface area contributed by atoms with Gasteiger partial charge in [0.25, 0.3) is 5.91 Å². The Kier molecular flexibility index (Phi) is 6.84. The third-order valence-electron chi connectivity index (χ3n) is 4.34. The van der Waals surface area contributed by atoms with Gasteiger partial charge in [-0.1, -0.05) is 35.3 Å². The largest absolute Gasteiger partial charge is 0.298 e. The van der Waals surface area contributed by atoms with Crippen LogP contribution in [0.5, 0.6) is 0 Å². The number of benzene rings is 2. The van der Waals surface area contributed by atoms with Crippen molar-refractivity contribution in [1.29, 1.82) is 0 Å². The molecule has 1 heterocycles. The van der Waals surface area contributed by atoms with Crippen LogP contribution in [0.1, 0.15) is 26.4 Å². The Labute approximate surface area is 189 Å². The zero-order valence-corrected chi connectivity index (χ0v) is 19.6. The van der Waals surface area contributed by atoms with Crippen LogP contribution in [0.4, 0.5) is 5.13 Å². The van der Waals surface area contributed by atoms with Crippen molar-refractivity contribution >= 4 is 55.6 Å². The number of amides is 1. The lowest BCUT2D eigenvalue weighted by Crippen LogP contribution is -2.23. The number of anilines is 1. The molecule has 0 bridgehead atoms. The van der Waals surface area contributed by atoms with Crippen LogP contribution in [-0.4, -0.2) is 37.7 Å². The van der Waals surface area contributed by atoms with E-state index in [-0.39, 0.29) is 15.5 Å². The van der Waals surface area contributed by atoms with Crippen molar-refractivity contribution in [3.63, 3.8) is 0 Å². The fourth-order valence-electron chi connectivity index (χ4n) is 2.60. The molecule has 0 aliphatic rings. The standard InChI is InChI=1S/C20H19Cl2N3O3S2/c1-12-4-5-13(9-17(12)22)8-15-11-23-20(29-15)24-19(26)14-6-7-16(21)18(10-14)30(27,28)25(2)3/h4-7,9-11H,8H2,1-3H3,(H,23,24,26). The lowest BCUT2D eigenvalue weighted by molar-refractivity contribution is 0.102. The topological polar surface area (TPSA) is 79.4 Å². The van der Waals surface area contributed by atoms with Gasteiger partial charge in [-0.15, -0.1) is 11.3 Å². The van der Waals surface area contributed by atoms with Gasteiger partial charge >= 0.3 is 0 Å². The molecule has 3 rings (SSSR count). The average molecular weight is 484 g/mol. The summed E-state index contributed by atoms with van der Waals surface area (Å²) in [6, 6.07) is 9.99. The summed E-state index contributed by atoms with van der Waals surface area (Å²) in [4.78, 5) is 17.7. The summed E-state index contributed by atoms with van der Waals surface area (Å²) in [5, 5.41) is 3.87. The number of thiazole rings is 1. The summed E-state index contributed by atoms with van der Waals surface area (Å²) in [5.74, 6) is -0.471. The number of aromatic nitrogens is 1. The third-order valence-corrected chi connectivity index (χ3v) is 7.96. The zero-order valence-electron chi connectivity index (χ0n) is 16.4. The number of aryl methyl sites for hydroxylation is 1. The fourth-order valence-corrected chi connectivity index (χ4v) is 5.04. The van der Waals surface area contributed by atoms with Crippen LogP contribution in [-0.2, 0) is 16.4 Å². The van der Waals surface area contributed by atoms with Gasteiger partial charge in [0.2, 0.25) is 10.0 Å². The van der Waals surface area contributed by atoms with Crippen molar-refractivity contribution in [2.24, 2.45) is 0 Å². The summed E-state index contributed by atoms with van der Waals surface area (Å²) in [7, 11) is -0.977. The highest BCUT2D eigenvalue weighted by atomic mass is 35.5. The number of hydrogen-bond donors (Lipinski definition) is 1. The smallest absolute Gasteiger partial charge is 0.257 e. The number of halogens is 2. The van der Waals surface area contributed by atoms with Crippen LogP contribution in [0, 0.1) is 6.92 Å². The molecular weight excluding hydrogens is 465 g/mol. The van der Waals surface area contributed by atoms with Gasteiger partial charge in [0.1, 0.15) is 4.90 Å². The van der Waals surface area contributed by atoms with Crippen molar-refractivity contribution in [3.8, 4) is 0 Å². The molecule has 0 aliphatic heterocycles. The predicted octanol–water partition coefficient (Wildman–Crippen LogP) is 4.85. The van der Waals surface area contributed by atoms with E-state index in [4.69, 9.17) is 23.2 Å². The van der Waals surface area contributed by atoms with E-state index in [1.54, 1.807) is 6.20 Å². The molecule has 3 aromatic rings. The molecule has 10 heteroatoms. The Bertz CT molecular complexity index is 1210. The van der Waals surface area contributed by atoms with Crippen LogP contribution in [0.3, 0.4) is 0 Å². The van der Waals surface area contributed by atoms with Gasteiger partial charge < -0.3 is 0 Å². The Balaban J connectivity index is 1.76. The van der Waals surface area contributed by atoms with E-state index in [2.05, 4.69) is 10.3 Å². The van der Waals surface area contributed by atoms with Crippen LogP contribution < -0.4 is 5.32 Å². The van der Waals surface area contributed by atoms with Gasteiger partial charge in [-0.3, -0.25) is 10.1 Å². The molecule has 0 fully saturated rings. The third kappa shape index (κ3) is 5.01. The number of rotatable bonds is 6. The SMILES string of the molecule is Cc1ccc(Cc2cnc(NC(=O)c3ccc(Cl)c(S(=O)(=O)N(C)C)c3)s2)cc1Cl.